The van der Waals surface area contributed by atoms with E-state index in [0.29, 0.717) is 37.3 Å². The van der Waals surface area contributed by atoms with Crippen LogP contribution < -0.4 is 10.2 Å². The van der Waals surface area contributed by atoms with Gasteiger partial charge >= 0.3 is 0 Å². The largest absolute Gasteiger partial charge is 0.361 e. The third-order valence-corrected chi connectivity index (χ3v) is 7.92. The van der Waals surface area contributed by atoms with E-state index in [1.54, 1.807) is 26.0 Å². The van der Waals surface area contributed by atoms with Crippen molar-refractivity contribution in [2.24, 2.45) is 0 Å². The molecular formula is C22H30N4O5S. The number of amides is 2. The summed E-state index contributed by atoms with van der Waals surface area (Å²) in [6.07, 6.45) is 0.826. The zero-order chi connectivity index (χ0) is 23.6. The number of sulfonamides is 1. The predicted molar refractivity (Wildman–Crippen MR) is 120 cm³/mol. The van der Waals surface area contributed by atoms with Crippen molar-refractivity contribution in [1.82, 2.24) is 14.8 Å². The Morgan fingerprint density at radius 3 is 2.50 bits per heavy atom. The third kappa shape index (κ3) is 4.42. The van der Waals surface area contributed by atoms with E-state index >= 15 is 0 Å². The lowest BCUT2D eigenvalue weighted by atomic mass is 10.1. The second kappa shape index (κ2) is 9.41. The van der Waals surface area contributed by atoms with Crippen molar-refractivity contribution in [3.8, 4) is 0 Å². The van der Waals surface area contributed by atoms with Gasteiger partial charge in [0.15, 0.2) is 0 Å². The highest BCUT2D eigenvalue weighted by Gasteiger charge is 2.38. The number of anilines is 1. The zero-order valence-corrected chi connectivity index (χ0v) is 20.0. The van der Waals surface area contributed by atoms with E-state index in [9.17, 15) is 18.0 Å². The van der Waals surface area contributed by atoms with E-state index in [-0.39, 0.29) is 23.1 Å². The second-order valence-corrected chi connectivity index (χ2v) is 9.77. The maximum atomic E-state index is 12.9. The summed E-state index contributed by atoms with van der Waals surface area (Å²) in [6, 6.07) is 3.97. The molecule has 0 unspecified atom stereocenters. The highest BCUT2D eigenvalue weighted by Crippen LogP contribution is 2.35. The maximum absolute atomic E-state index is 12.9. The number of aromatic nitrogens is 1. The molecule has 0 bridgehead atoms. The molecule has 0 fully saturated rings. The van der Waals surface area contributed by atoms with Crippen LogP contribution in [0.15, 0.2) is 27.6 Å². The van der Waals surface area contributed by atoms with Crippen molar-refractivity contribution in [2.45, 2.75) is 58.4 Å². The average molecular weight is 463 g/mol. The molecule has 1 aromatic carbocycles. The molecule has 10 heteroatoms. The summed E-state index contributed by atoms with van der Waals surface area (Å²) < 4.78 is 32.3. The third-order valence-electron chi connectivity index (χ3n) is 5.88. The van der Waals surface area contributed by atoms with Crippen LogP contribution in [0.3, 0.4) is 0 Å². The smallest absolute Gasteiger partial charge is 0.243 e. The van der Waals surface area contributed by atoms with Gasteiger partial charge in [0.05, 0.1) is 10.6 Å². The summed E-state index contributed by atoms with van der Waals surface area (Å²) in [6.45, 7) is 9.76. The van der Waals surface area contributed by atoms with Crippen molar-refractivity contribution in [2.75, 3.05) is 24.5 Å². The monoisotopic (exact) mass is 462 g/mol. The average Bonchev–Trinajstić information content (AvgIpc) is 3.28. The molecule has 1 aromatic heterocycles. The number of rotatable bonds is 8. The standard InChI is InChI=1S/C22H30N4O5S/c1-6-25(7-2)32(29,30)18-8-9-20-17(12-18)13-21(26(20)16(5)27)22(28)23-11-10-19-14(3)24-31-15(19)4/h8-9,12,21H,6-7,10-11,13H2,1-5H3,(H,23,28)/t21-/m1/s1. The molecule has 9 nitrogen and oxygen atoms in total. The zero-order valence-electron chi connectivity index (χ0n) is 19.1. The van der Waals surface area contributed by atoms with Crippen molar-refractivity contribution in [3.05, 3.63) is 40.8 Å². The van der Waals surface area contributed by atoms with Crippen LogP contribution in [0.4, 0.5) is 5.69 Å². The van der Waals surface area contributed by atoms with Gasteiger partial charge in [0.2, 0.25) is 21.8 Å². The summed E-state index contributed by atoms with van der Waals surface area (Å²) in [5.74, 6) is 0.169. The van der Waals surface area contributed by atoms with Crippen LogP contribution in [0, 0.1) is 13.8 Å². The first kappa shape index (κ1) is 23.9. The predicted octanol–water partition coefficient (Wildman–Crippen LogP) is 1.96. The topological polar surface area (TPSA) is 113 Å². The van der Waals surface area contributed by atoms with E-state index in [2.05, 4.69) is 10.5 Å². The van der Waals surface area contributed by atoms with Crippen LogP contribution in [-0.2, 0) is 32.5 Å². The lowest BCUT2D eigenvalue weighted by Gasteiger charge is -2.23. The van der Waals surface area contributed by atoms with Gasteiger partial charge in [0.1, 0.15) is 11.8 Å². The number of carbonyl (C=O) groups excluding carboxylic acids is 2. The minimum Gasteiger partial charge on any atom is -0.361 e. The van der Waals surface area contributed by atoms with Crippen LogP contribution in [0.1, 0.15) is 43.4 Å². The Balaban J connectivity index is 1.79. The van der Waals surface area contributed by atoms with Crippen molar-refractivity contribution in [1.29, 1.82) is 0 Å². The molecule has 0 saturated carbocycles. The molecule has 1 atom stereocenters. The summed E-state index contributed by atoms with van der Waals surface area (Å²) >= 11 is 0. The number of fused-ring (bicyclic) bond motifs is 1. The first-order valence-corrected chi connectivity index (χ1v) is 12.2. The SMILES string of the molecule is CCN(CC)S(=O)(=O)c1ccc2c(c1)C[C@H](C(=O)NCCc1c(C)noc1C)N2C(C)=O. The molecule has 2 heterocycles. The molecule has 2 aromatic rings. The van der Waals surface area contributed by atoms with E-state index in [1.807, 2.05) is 13.8 Å². The molecule has 0 aliphatic carbocycles. The van der Waals surface area contributed by atoms with Gasteiger partial charge < -0.3 is 9.84 Å². The lowest BCUT2D eigenvalue weighted by Crippen LogP contribution is -2.47. The molecule has 0 radical (unpaired) electrons. The highest BCUT2D eigenvalue weighted by atomic mass is 32.2. The van der Waals surface area contributed by atoms with Gasteiger partial charge in [-0.15, -0.1) is 0 Å². The van der Waals surface area contributed by atoms with Gasteiger partial charge in [-0.2, -0.15) is 4.31 Å². The maximum Gasteiger partial charge on any atom is 0.243 e. The number of hydrogen-bond donors (Lipinski definition) is 1. The summed E-state index contributed by atoms with van der Waals surface area (Å²) in [5.41, 5.74) is 2.98. The van der Waals surface area contributed by atoms with E-state index in [4.69, 9.17) is 4.52 Å². The van der Waals surface area contributed by atoms with Gasteiger partial charge in [-0.25, -0.2) is 8.42 Å². The van der Waals surface area contributed by atoms with Gasteiger partial charge in [0.25, 0.3) is 0 Å². The van der Waals surface area contributed by atoms with Gasteiger partial charge in [0, 0.05) is 44.2 Å². The first-order valence-electron chi connectivity index (χ1n) is 10.7. The Bertz CT molecular complexity index is 1100. The number of hydrogen-bond acceptors (Lipinski definition) is 6. The van der Waals surface area contributed by atoms with Gasteiger partial charge in [-0.1, -0.05) is 19.0 Å². The van der Waals surface area contributed by atoms with Gasteiger partial charge in [-0.05, 0) is 44.0 Å². The number of aryl methyl sites for hydroxylation is 2. The number of carbonyl (C=O) groups is 2. The fraction of sp³-hybridized carbons (Fsp3) is 0.500. The summed E-state index contributed by atoms with van der Waals surface area (Å²) in [5, 5.41) is 6.80. The molecule has 1 aliphatic rings. The lowest BCUT2D eigenvalue weighted by molar-refractivity contribution is -0.125. The minimum absolute atomic E-state index is 0.169. The molecule has 1 aliphatic heterocycles. The van der Waals surface area contributed by atoms with Crippen LogP contribution in [0.2, 0.25) is 0 Å². The van der Waals surface area contributed by atoms with E-state index in [1.165, 1.54) is 22.2 Å². The second-order valence-electron chi connectivity index (χ2n) is 7.83. The van der Waals surface area contributed by atoms with Crippen molar-refractivity contribution in [3.63, 3.8) is 0 Å². The fourth-order valence-electron chi connectivity index (χ4n) is 4.19. The molecule has 3 rings (SSSR count). The van der Waals surface area contributed by atoms with Crippen LogP contribution >= 0.6 is 0 Å². The van der Waals surface area contributed by atoms with Crippen LogP contribution in [0.5, 0.6) is 0 Å². The normalized spacial score (nSPS) is 15.8. The summed E-state index contributed by atoms with van der Waals surface area (Å²) in [4.78, 5) is 26.9. The molecule has 2 amide bonds. The highest BCUT2D eigenvalue weighted by molar-refractivity contribution is 7.89. The minimum atomic E-state index is -3.63. The number of nitrogens with zero attached hydrogens (tertiary/aromatic N) is 3. The van der Waals surface area contributed by atoms with E-state index < -0.39 is 16.1 Å². The molecule has 174 valence electrons. The molecule has 1 N–H and O–H groups in total. The number of benzene rings is 1. The first-order chi connectivity index (χ1) is 15.1. The Morgan fingerprint density at radius 1 is 1.25 bits per heavy atom. The Morgan fingerprint density at radius 2 is 1.94 bits per heavy atom. The molecule has 32 heavy (non-hydrogen) atoms. The quantitative estimate of drug-likeness (QED) is 0.642. The Kier molecular flexibility index (Phi) is 7.04. The van der Waals surface area contributed by atoms with Crippen LogP contribution in [0.25, 0.3) is 0 Å². The van der Waals surface area contributed by atoms with Crippen molar-refractivity contribution < 1.29 is 22.5 Å². The molecule has 0 saturated heterocycles. The molecule has 0 spiro atoms. The van der Waals surface area contributed by atoms with E-state index in [0.717, 1.165) is 17.0 Å². The Labute approximate surface area is 188 Å². The number of nitrogens with one attached hydrogen (secondary N) is 1. The fourth-order valence-corrected chi connectivity index (χ4v) is 5.70. The Hall–Kier alpha value is -2.72. The van der Waals surface area contributed by atoms with Crippen LogP contribution in [-0.4, -0.2) is 55.4 Å². The van der Waals surface area contributed by atoms with Gasteiger partial charge in [-0.3, -0.25) is 14.5 Å². The summed E-state index contributed by atoms with van der Waals surface area (Å²) in [7, 11) is -3.63. The molecular weight excluding hydrogens is 432 g/mol. The van der Waals surface area contributed by atoms with Crippen molar-refractivity contribution >= 4 is 27.5 Å².